The first kappa shape index (κ1) is 25.1. The standard InChI is InChI=1S/C23H13Br2Cl2IN2O2/c24-16-2-1-3-18(9-16)30-23(31)15(11-29)6-13-7-19(25)22(21(28)8-13)32-12-14-4-5-17(26)10-20(14)27/h1-10H,12H2,(H,30,31)/b15-6-. The van der Waals surface area contributed by atoms with Crippen LogP contribution in [0.2, 0.25) is 10.0 Å². The Morgan fingerprint density at radius 3 is 2.59 bits per heavy atom. The van der Waals surface area contributed by atoms with E-state index in [1.54, 1.807) is 36.4 Å². The Kier molecular flexibility index (Phi) is 9.03. The van der Waals surface area contributed by atoms with E-state index in [1.807, 2.05) is 24.3 Å². The number of ether oxygens (including phenoxy) is 1. The van der Waals surface area contributed by atoms with E-state index in [4.69, 9.17) is 27.9 Å². The van der Waals surface area contributed by atoms with Gasteiger partial charge in [-0.2, -0.15) is 5.26 Å². The second-order valence-electron chi connectivity index (χ2n) is 6.47. The zero-order chi connectivity index (χ0) is 23.3. The van der Waals surface area contributed by atoms with Crippen LogP contribution in [0.15, 0.2) is 69.1 Å². The number of hydrogen-bond acceptors (Lipinski definition) is 3. The van der Waals surface area contributed by atoms with Crippen molar-refractivity contribution in [2.45, 2.75) is 6.61 Å². The van der Waals surface area contributed by atoms with Gasteiger partial charge in [0.2, 0.25) is 0 Å². The van der Waals surface area contributed by atoms with Gasteiger partial charge in [0.15, 0.2) is 0 Å². The van der Waals surface area contributed by atoms with Crippen molar-refractivity contribution in [3.63, 3.8) is 0 Å². The lowest BCUT2D eigenvalue weighted by Crippen LogP contribution is -2.13. The molecule has 0 saturated heterocycles. The monoisotopic (exact) mass is 704 g/mol. The number of rotatable bonds is 6. The summed E-state index contributed by atoms with van der Waals surface area (Å²) in [4.78, 5) is 12.5. The third kappa shape index (κ3) is 6.72. The van der Waals surface area contributed by atoms with E-state index in [0.29, 0.717) is 31.5 Å². The molecule has 0 aliphatic heterocycles. The summed E-state index contributed by atoms with van der Waals surface area (Å²) in [5, 5.41) is 13.3. The van der Waals surface area contributed by atoms with Gasteiger partial charge >= 0.3 is 0 Å². The number of carbonyl (C=O) groups excluding carboxylic acids is 1. The maximum Gasteiger partial charge on any atom is 0.266 e. The van der Waals surface area contributed by atoms with E-state index < -0.39 is 5.91 Å². The molecule has 0 heterocycles. The van der Waals surface area contributed by atoms with Gasteiger partial charge in [-0.3, -0.25) is 4.79 Å². The Morgan fingerprint density at radius 2 is 1.94 bits per heavy atom. The smallest absolute Gasteiger partial charge is 0.266 e. The molecular weight excluding hydrogens is 694 g/mol. The molecule has 0 bridgehead atoms. The number of amides is 1. The van der Waals surface area contributed by atoms with Crippen LogP contribution in [0.1, 0.15) is 11.1 Å². The molecule has 0 aliphatic carbocycles. The molecule has 0 spiro atoms. The maximum atomic E-state index is 12.5. The second kappa shape index (κ2) is 11.5. The van der Waals surface area contributed by atoms with E-state index in [9.17, 15) is 10.1 Å². The van der Waals surface area contributed by atoms with Crippen molar-refractivity contribution in [1.82, 2.24) is 0 Å². The Balaban J connectivity index is 1.78. The molecule has 0 unspecified atom stereocenters. The predicted octanol–water partition coefficient (Wildman–Crippen LogP) is 8.25. The molecule has 3 aromatic carbocycles. The minimum atomic E-state index is -0.491. The third-order valence-corrected chi connectivity index (χ3v) is 6.64. The second-order valence-corrected chi connectivity index (χ2v) is 10.2. The Bertz CT molecular complexity index is 1240. The van der Waals surface area contributed by atoms with Crippen LogP contribution >= 0.6 is 77.7 Å². The molecule has 0 aliphatic rings. The summed E-state index contributed by atoms with van der Waals surface area (Å²) in [6.07, 6.45) is 1.53. The molecule has 4 nitrogen and oxygen atoms in total. The van der Waals surface area contributed by atoms with Crippen LogP contribution < -0.4 is 10.1 Å². The van der Waals surface area contributed by atoms with Gasteiger partial charge in [0.05, 0.1) is 8.04 Å². The van der Waals surface area contributed by atoms with E-state index in [2.05, 4.69) is 59.8 Å². The van der Waals surface area contributed by atoms with Crippen LogP contribution in [-0.2, 0) is 11.4 Å². The molecule has 0 atom stereocenters. The first-order chi connectivity index (χ1) is 15.3. The van der Waals surface area contributed by atoms with Gasteiger partial charge in [0.25, 0.3) is 5.91 Å². The Hall–Kier alpha value is -1.57. The van der Waals surface area contributed by atoms with Gasteiger partial charge in [0, 0.05) is 25.8 Å². The number of nitriles is 1. The highest BCUT2D eigenvalue weighted by atomic mass is 127. The summed E-state index contributed by atoms with van der Waals surface area (Å²) in [7, 11) is 0. The normalized spacial score (nSPS) is 11.1. The molecule has 3 aromatic rings. The number of hydrogen-bond donors (Lipinski definition) is 1. The maximum absolute atomic E-state index is 12.5. The first-order valence-electron chi connectivity index (χ1n) is 9.01. The fourth-order valence-electron chi connectivity index (χ4n) is 2.67. The number of benzene rings is 3. The summed E-state index contributed by atoms with van der Waals surface area (Å²) in [6, 6.07) is 17.9. The quantitative estimate of drug-likeness (QED) is 0.160. The lowest BCUT2D eigenvalue weighted by Gasteiger charge is -2.13. The van der Waals surface area contributed by atoms with Crippen molar-refractivity contribution >= 4 is 95.3 Å². The zero-order valence-electron chi connectivity index (χ0n) is 16.1. The predicted molar refractivity (Wildman–Crippen MR) is 144 cm³/mol. The van der Waals surface area contributed by atoms with Crippen LogP contribution in [0.4, 0.5) is 5.69 Å². The highest BCUT2D eigenvalue weighted by Gasteiger charge is 2.13. The lowest BCUT2D eigenvalue weighted by atomic mass is 10.1. The number of nitrogens with zero attached hydrogens (tertiary/aromatic N) is 1. The molecule has 0 saturated carbocycles. The van der Waals surface area contributed by atoms with E-state index in [-0.39, 0.29) is 12.2 Å². The largest absolute Gasteiger partial charge is 0.487 e. The van der Waals surface area contributed by atoms with Gasteiger partial charge < -0.3 is 10.1 Å². The van der Waals surface area contributed by atoms with Gasteiger partial charge in [-0.15, -0.1) is 0 Å². The summed E-state index contributed by atoms with van der Waals surface area (Å²) in [5.74, 6) is 0.139. The van der Waals surface area contributed by atoms with Crippen molar-refractivity contribution in [3.05, 3.63) is 93.9 Å². The van der Waals surface area contributed by atoms with Crippen molar-refractivity contribution in [3.8, 4) is 11.8 Å². The number of nitrogens with one attached hydrogen (secondary N) is 1. The lowest BCUT2D eigenvalue weighted by molar-refractivity contribution is -0.112. The van der Waals surface area contributed by atoms with Crippen molar-refractivity contribution < 1.29 is 9.53 Å². The highest BCUT2D eigenvalue weighted by molar-refractivity contribution is 14.1. The molecule has 0 radical (unpaired) electrons. The van der Waals surface area contributed by atoms with Crippen LogP contribution in [0.5, 0.6) is 5.75 Å². The minimum absolute atomic E-state index is 0.0192. The van der Waals surface area contributed by atoms with Crippen LogP contribution in [0.25, 0.3) is 6.08 Å². The topological polar surface area (TPSA) is 62.1 Å². The molecule has 1 amide bonds. The summed E-state index contributed by atoms with van der Waals surface area (Å²) < 4.78 is 8.26. The van der Waals surface area contributed by atoms with Crippen molar-refractivity contribution in [1.29, 1.82) is 5.26 Å². The Morgan fingerprint density at radius 1 is 1.16 bits per heavy atom. The third-order valence-electron chi connectivity index (χ3n) is 4.17. The van der Waals surface area contributed by atoms with E-state index in [0.717, 1.165) is 13.6 Å². The van der Waals surface area contributed by atoms with Crippen LogP contribution in [0, 0.1) is 14.9 Å². The van der Waals surface area contributed by atoms with Gasteiger partial charge in [0.1, 0.15) is 24.0 Å². The fourth-order valence-corrected chi connectivity index (χ4v) is 5.30. The average Bonchev–Trinajstić information content (AvgIpc) is 2.72. The number of carbonyl (C=O) groups is 1. The molecule has 0 aromatic heterocycles. The van der Waals surface area contributed by atoms with Crippen LogP contribution in [-0.4, -0.2) is 5.91 Å². The molecule has 1 N–H and O–H groups in total. The molecular formula is C23H13Br2Cl2IN2O2. The molecule has 9 heteroatoms. The number of anilines is 1. The fraction of sp³-hybridized carbons (Fsp3) is 0.0435. The van der Waals surface area contributed by atoms with Crippen molar-refractivity contribution in [2.24, 2.45) is 0 Å². The van der Waals surface area contributed by atoms with E-state index in [1.165, 1.54) is 6.08 Å². The molecule has 3 rings (SSSR count). The van der Waals surface area contributed by atoms with E-state index >= 15 is 0 Å². The SMILES string of the molecule is N#C/C(=C/c1cc(Br)c(OCc2ccc(Cl)cc2Cl)c(I)c1)C(=O)Nc1cccc(Br)c1. The Labute approximate surface area is 226 Å². The first-order valence-corrected chi connectivity index (χ1v) is 12.4. The molecule has 162 valence electrons. The van der Waals surface area contributed by atoms with Gasteiger partial charge in [-0.05, 0) is 92.6 Å². The minimum Gasteiger partial charge on any atom is -0.487 e. The van der Waals surface area contributed by atoms with Gasteiger partial charge in [-0.1, -0.05) is 51.3 Å². The average molecular weight is 707 g/mol. The van der Waals surface area contributed by atoms with Gasteiger partial charge in [-0.25, -0.2) is 0 Å². The van der Waals surface area contributed by atoms with Crippen molar-refractivity contribution in [2.75, 3.05) is 5.32 Å². The molecule has 0 fully saturated rings. The zero-order valence-corrected chi connectivity index (χ0v) is 23.0. The highest BCUT2D eigenvalue weighted by Crippen LogP contribution is 2.34. The molecule has 32 heavy (non-hydrogen) atoms. The summed E-state index contributed by atoms with van der Waals surface area (Å²) in [6.45, 7) is 0.262. The van der Waals surface area contributed by atoms with Crippen LogP contribution in [0.3, 0.4) is 0 Å². The summed E-state index contributed by atoms with van der Waals surface area (Å²) in [5.41, 5.74) is 2.05. The number of halogens is 5. The summed E-state index contributed by atoms with van der Waals surface area (Å²) >= 11 is 21.2.